The molecule has 41 heavy (non-hydrogen) atoms. The molecule has 1 fully saturated rings. The largest absolute Gasteiger partial charge is 0.507 e. The molecule has 10 nitrogen and oxygen atoms in total. The molecule has 0 radical (unpaired) electrons. The van der Waals surface area contributed by atoms with Crippen LogP contribution in [0.1, 0.15) is 31.0 Å². The number of halogens is 1. The van der Waals surface area contributed by atoms with Crippen LogP contribution in [0, 0.1) is 12.7 Å². The number of benzene rings is 1. The molecule has 1 unspecified atom stereocenters. The van der Waals surface area contributed by atoms with Crippen LogP contribution in [0.4, 0.5) is 10.2 Å². The first kappa shape index (κ1) is 26.4. The molecule has 1 saturated heterocycles. The van der Waals surface area contributed by atoms with Gasteiger partial charge in [-0.3, -0.25) is 14.3 Å². The molecule has 1 N–H and O–H groups in total. The predicted molar refractivity (Wildman–Crippen MR) is 152 cm³/mol. The van der Waals surface area contributed by atoms with Crippen LogP contribution >= 0.6 is 0 Å². The Kier molecular flexibility index (Phi) is 6.44. The van der Waals surface area contributed by atoms with E-state index in [4.69, 9.17) is 4.74 Å². The summed E-state index contributed by atoms with van der Waals surface area (Å²) in [5.41, 5.74) is 1.92. The number of aromatic hydroxyl groups is 1. The normalized spacial score (nSPS) is 16.4. The van der Waals surface area contributed by atoms with E-state index in [1.165, 1.54) is 28.8 Å². The fourth-order valence-electron chi connectivity index (χ4n) is 5.68. The lowest BCUT2D eigenvalue weighted by Crippen LogP contribution is -2.56. The van der Waals surface area contributed by atoms with Crippen LogP contribution in [0.3, 0.4) is 0 Å². The summed E-state index contributed by atoms with van der Waals surface area (Å²) in [7, 11) is 0. The maximum Gasteiger partial charge on any atom is 0.354 e. The van der Waals surface area contributed by atoms with Crippen molar-refractivity contribution in [2.75, 3.05) is 31.1 Å². The molecular formula is C30H29FN6O4. The topological polar surface area (TPSA) is 114 Å². The minimum Gasteiger partial charge on any atom is -0.507 e. The number of aryl methyl sites for hydroxylation is 1. The van der Waals surface area contributed by atoms with E-state index in [-0.39, 0.29) is 47.4 Å². The van der Waals surface area contributed by atoms with Crippen molar-refractivity contribution in [3.63, 3.8) is 0 Å². The second kappa shape index (κ2) is 9.99. The third-order valence-electron chi connectivity index (χ3n) is 7.65. The van der Waals surface area contributed by atoms with Crippen LogP contribution in [0.2, 0.25) is 0 Å². The number of phenols is 1. The van der Waals surface area contributed by atoms with Gasteiger partial charge in [-0.15, -0.1) is 0 Å². The van der Waals surface area contributed by atoms with E-state index in [0.717, 1.165) is 5.56 Å². The van der Waals surface area contributed by atoms with E-state index in [2.05, 4.69) is 21.5 Å². The molecule has 0 aliphatic carbocycles. The summed E-state index contributed by atoms with van der Waals surface area (Å²) in [6, 6.07) is 7.10. The highest BCUT2D eigenvalue weighted by Crippen LogP contribution is 2.41. The lowest BCUT2D eigenvalue weighted by molar-refractivity contribution is -0.126. The molecule has 1 aromatic carbocycles. The third kappa shape index (κ3) is 4.28. The minimum atomic E-state index is -0.669. The number of hydrogen-bond acceptors (Lipinski definition) is 8. The van der Waals surface area contributed by atoms with Gasteiger partial charge in [0.15, 0.2) is 0 Å². The number of rotatable bonds is 4. The van der Waals surface area contributed by atoms with Gasteiger partial charge in [0.05, 0.1) is 34.2 Å². The average molecular weight is 557 g/mol. The van der Waals surface area contributed by atoms with Gasteiger partial charge in [0.1, 0.15) is 29.4 Å². The number of phenolic OH excluding ortho intramolecular Hbond substituents is 1. The first-order valence-corrected chi connectivity index (χ1v) is 13.4. The standard InChI is InChI=1S/C30H29FN6O4/c1-5-23(39)35-11-12-36-18(14-35)15-41-29-25-21(13-20(33-29)24-19(31)7-6-8-22(24)38)37(30(40)34-28(25)36)27-17(4)9-10-32-26(27)16(2)3/h5-10,13,16,18,38H,1,11-12,14-15H2,2-4H3. The highest BCUT2D eigenvalue weighted by atomic mass is 19.1. The summed E-state index contributed by atoms with van der Waals surface area (Å²) in [6.45, 7) is 10.8. The number of hydrogen-bond donors (Lipinski definition) is 1. The first-order chi connectivity index (χ1) is 19.7. The monoisotopic (exact) mass is 556 g/mol. The predicted octanol–water partition coefficient (Wildman–Crippen LogP) is 3.71. The summed E-state index contributed by atoms with van der Waals surface area (Å²) in [5, 5.41) is 11.1. The Balaban J connectivity index is 1.68. The molecule has 1 amide bonds. The highest BCUT2D eigenvalue weighted by molar-refractivity contribution is 5.98. The zero-order valence-corrected chi connectivity index (χ0v) is 23.0. The van der Waals surface area contributed by atoms with Crippen molar-refractivity contribution >= 4 is 22.6 Å². The van der Waals surface area contributed by atoms with E-state index < -0.39 is 11.5 Å². The van der Waals surface area contributed by atoms with Crippen molar-refractivity contribution in [2.24, 2.45) is 0 Å². The SMILES string of the molecule is C=CC(=O)N1CCN2c3nc(=O)n(-c4c(C)ccnc4C(C)C)c4cc(-c5c(O)cccc5F)nc(c34)OCC2C1. The number of fused-ring (bicyclic) bond motifs is 2. The van der Waals surface area contributed by atoms with E-state index in [9.17, 15) is 14.7 Å². The molecule has 0 bridgehead atoms. The van der Waals surface area contributed by atoms with Gasteiger partial charge in [0.2, 0.25) is 11.8 Å². The Morgan fingerprint density at radius 1 is 1.24 bits per heavy atom. The number of nitrogens with zero attached hydrogens (tertiary/aromatic N) is 6. The number of pyridine rings is 2. The van der Waals surface area contributed by atoms with Gasteiger partial charge in [0.25, 0.3) is 0 Å². The Morgan fingerprint density at radius 2 is 2.05 bits per heavy atom. The lowest BCUT2D eigenvalue weighted by Gasteiger charge is -2.40. The number of aromatic nitrogens is 4. The quantitative estimate of drug-likeness (QED) is 0.379. The summed E-state index contributed by atoms with van der Waals surface area (Å²) < 4.78 is 22.8. The van der Waals surface area contributed by atoms with Crippen molar-refractivity contribution < 1.29 is 19.0 Å². The number of carbonyl (C=O) groups is 1. The van der Waals surface area contributed by atoms with Crippen molar-refractivity contribution in [2.45, 2.75) is 32.7 Å². The molecule has 11 heteroatoms. The molecule has 4 aromatic rings. The smallest absolute Gasteiger partial charge is 0.354 e. The van der Waals surface area contributed by atoms with Crippen molar-refractivity contribution in [1.82, 2.24) is 24.4 Å². The van der Waals surface area contributed by atoms with Gasteiger partial charge in [-0.2, -0.15) is 4.98 Å². The maximum absolute atomic E-state index is 15.1. The Hall–Kier alpha value is -4.80. The van der Waals surface area contributed by atoms with Crippen LogP contribution in [0.15, 0.2) is 54.0 Å². The zero-order chi connectivity index (χ0) is 29.0. The van der Waals surface area contributed by atoms with Gasteiger partial charge in [-0.1, -0.05) is 26.5 Å². The molecule has 210 valence electrons. The fraction of sp³-hybridized carbons (Fsp3) is 0.300. The van der Waals surface area contributed by atoms with Crippen LogP contribution in [-0.4, -0.2) is 67.7 Å². The van der Waals surface area contributed by atoms with E-state index >= 15 is 4.39 Å². The van der Waals surface area contributed by atoms with Gasteiger partial charge in [0, 0.05) is 25.8 Å². The van der Waals surface area contributed by atoms with Gasteiger partial charge in [-0.05, 0) is 48.7 Å². The summed E-state index contributed by atoms with van der Waals surface area (Å²) in [4.78, 5) is 43.8. The molecule has 0 saturated carbocycles. The summed E-state index contributed by atoms with van der Waals surface area (Å²) in [6.07, 6.45) is 2.97. The van der Waals surface area contributed by atoms with Crippen LogP contribution in [-0.2, 0) is 4.79 Å². The average Bonchev–Trinajstić information content (AvgIpc) is 3.10. The highest BCUT2D eigenvalue weighted by Gasteiger charge is 2.36. The molecule has 0 spiro atoms. The molecule has 2 aliphatic heterocycles. The Morgan fingerprint density at radius 3 is 2.78 bits per heavy atom. The number of piperazine rings is 1. The number of ether oxygens (including phenoxy) is 1. The van der Waals surface area contributed by atoms with Crippen molar-refractivity contribution in [3.8, 4) is 28.6 Å². The number of anilines is 1. The molecule has 3 aromatic heterocycles. The maximum atomic E-state index is 15.1. The second-order valence-electron chi connectivity index (χ2n) is 10.6. The van der Waals surface area contributed by atoms with Gasteiger partial charge >= 0.3 is 5.69 Å². The summed E-state index contributed by atoms with van der Waals surface area (Å²) >= 11 is 0. The van der Waals surface area contributed by atoms with Crippen LogP contribution < -0.4 is 15.3 Å². The first-order valence-electron chi connectivity index (χ1n) is 13.4. The van der Waals surface area contributed by atoms with Crippen LogP contribution in [0.25, 0.3) is 27.8 Å². The zero-order valence-electron chi connectivity index (χ0n) is 23.0. The number of carbonyl (C=O) groups excluding carboxylic acids is 1. The van der Waals surface area contributed by atoms with Crippen LogP contribution in [0.5, 0.6) is 11.6 Å². The second-order valence-corrected chi connectivity index (χ2v) is 10.6. The van der Waals surface area contributed by atoms with E-state index in [0.29, 0.717) is 47.7 Å². The Bertz CT molecular complexity index is 1770. The summed E-state index contributed by atoms with van der Waals surface area (Å²) in [5.74, 6) is -0.637. The molecular weight excluding hydrogens is 527 g/mol. The molecule has 5 heterocycles. The van der Waals surface area contributed by atoms with E-state index in [1.54, 1.807) is 17.2 Å². The van der Waals surface area contributed by atoms with Crippen molar-refractivity contribution in [3.05, 3.63) is 76.7 Å². The minimum absolute atomic E-state index is 0.0188. The molecule has 1 atom stereocenters. The Labute approximate surface area is 235 Å². The fourth-order valence-corrected chi connectivity index (χ4v) is 5.68. The molecule has 6 rings (SSSR count). The van der Waals surface area contributed by atoms with Gasteiger partial charge < -0.3 is 19.6 Å². The van der Waals surface area contributed by atoms with Crippen molar-refractivity contribution in [1.29, 1.82) is 0 Å². The number of amides is 1. The lowest BCUT2D eigenvalue weighted by atomic mass is 10.0. The molecule has 2 aliphatic rings. The third-order valence-corrected chi connectivity index (χ3v) is 7.65. The van der Waals surface area contributed by atoms with Gasteiger partial charge in [-0.25, -0.2) is 14.2 Å². The van der Waals surface area contributed by atoms with E-state index in [1.807, 2.05) is 31.7 Å².